The second-order valence-corrected chi connectivity index (χ2v) is 5.03. The molecule has 0 spiro atoms. The van der Waals surface area contributed by atoms with Crippen LogP contribution < -0.4 is 15.6 Å². The number of carbonyl (C=O) groups is 2. The van der Waals surface area contributed by atoms with Gasteiger partial charge in [-0.2, -0.15) is 0 Å². The van der Waals surface area contributed by atoms with E-state index in [-0.39, 0.29) is 23.3 Å². The zero-order valence-corrected chi connectivity index (χ0v) is 11.9. The average Bonchev–Trinajstić information content (AvgIpc) is 3.05. The van der Waals surface area contributed by atoms with Crippen LogP contribution in [0.25, 0.3) is 0 Å². The second kappa shape index (κ2) is 7.39. The lowest BCUT2D eigenvalue weighted by Gasteiger charge is -2.11. The molecule has 1 fully saturated rings. The molecular weight excluding hydrogens is 290 g/mol. The Hall–Kier alpha value is -2.64. The van der Waals surface area contributed by atoms with Crippen molar-refractivity contribution in [1.82, 2.24) is 10.9 Å². The van der Waals surface area contributed by atoms with E-state index in [9.17, 15) is 19.7 Å². The van der Waals surface area contributed by atoms with Gasteiger partial charge in [0.05, 0.1) is 4.92 Å². The minimum absolute atomic E-state index is 0.00442. The highest BCUT2D eigenvalue weighted by Crippen LogP contribution is 2.25. The minimum atomic E-state index is -0.588. The molecule has 0 unspecified atom stereocenters. The van der Waals surface area contributed by atoms with Crippen LogP contribution in [0.5, 0.6) is 5.75 Å². The number of carbonyl (C=O) groups excluding carboxylic acids is 2. The number of rotatable bonds is 5. The van der Waals surface area contributed by atoms with E-state index >= 15 is 0 Å². The van der Waals surface area contributed by atoms with Crippen LogP contribution in [0.3, 0.4) is 0 Å². The molecule has 2 amide bonds. The van der Waals surface area contributed by atoms with Crippen molar-refractivity contribution in [2.45, 2.75) is 25.7 Å². The first-order valence-electron chi connectivity index (χ1n) is 7.03. The van der Waals surface area contributed by atoms with Crippen LogP contribution in [-0.4, -0.2) is 23.3 Å². The zero-order valence-electron chi connectivity index (χ0n) is 11.9. The summed E-state index contributed by atoms with van der Waals surface area (Å²) >= 11 is 0. The lowest BCUT2D eigenvalue weighted by molar-refractivity contribution is -0.385. The summed E-state index contributed by atoms with van der Waals surface area (Å²) in [7, 11) is 0. The SMILES string of the molecule is O=C(COc1ccccc1[N+](=O)[O-])NNC(=O)C1CCCC1. The first-order chi connectivity index (χ1) is 10.6. The maximum absolute atomic E-state index is 11.7. The normalized spacial score (nSPS) is 14.4. The van der Waals surface area contributed by atoms with E-state index < -0.39 is 17.4 Å². The molecule has 8 heteroatoms. The number of benzene rings is 1. The number of hydrogen-bond donors (Lipinski definition) is 2. The van der Waals surface area contributed by atoms with Crippen LogP contribution in [0, 0.1) is 16.0 Å². The Bertz CT molecular complexity index is 569. The van der Waals surface area contributed by atoms with Gasteiger partial charge in [-0.15, -0.1) is 0 Å². The van der Waals surface area contributed by atoms with Crippen LogP contribution in [0.2, 0.25) is 0 Å². The lowest BCUT2D eigenvalue weighted by atomic mass is 10.1. The Labute approximate surface area is 127 Å². The quantitative estimate of drug-likeness (QED) is 0.629. The van der Waals surface area contributed by atoms with Gasteiger partial charge in [-0.25, -0.2) is 0 Å². The fraction of sp³-hybridized carbons (Fsp3) is 0.429. The van der Waals surface area contributed by atoms with Crippen molar-refractivity contribution >= 4 is 17.5 Å². The summed E-state index contributed by atoms with van der Waals surface area (Å²) in [5.74, 6) is -0.845. The molecular formula is C14H17N3O5. The first kappa shape index (κ1) is 15.7. The molecule has 1 aromatic carbocycles. The van der Waals surface area contributed by atoms with Crippen LogP contribution in [-0.2, 0) is 9.59 Å². The summed E-state index contributed by atoms with van der Waals surface area (Å²) in [6, 6.07) is 5.77. The number of nitro benzene ring substituents is 1. The Morgan fingerprint density at radius 1 is 1.23 bits per heavy atom. The smallest absolute Gasteiger partial charge is 0.310 e. The highest BCUT2D eigenvalue weighted by molar-refractivity contribution is 5.84. The fourth-order valence-electron chi connectivity index (χ4n) is 2.33. The van der Waals surface area contributed by atoms with Crippen molar-refractivity contribution in [3.63, 3.8) is 0 Å². The summed E-state index contributed by atoms with van der Waals surface area (Å²) in [4.78, 5) is 33.5. The topological polar surface area (TPSA) is 111 Å². The minimum Gasteiger partial charge on any atom is -0.477 e. The summed E-state index contributed by atoms with van der Waals surface area (Å²) in [5, 5.41) is 10.8. The first-order valence-corrected chi connectivity index (χ1v) is 7.03. The largest absolute Gasteiger partial charge is 0.477 e. The number of hydrogen-bond acceptors (Lipinski definition) is 5. The van der Waals surface area contributed by atoms with Gasteiger partial charge in [-0.05, 0) is 18.9 Å². The van der Waals surface area contributed by atoms with Gasteiger partial charge in [-0.1, -0.05) is 25.0 Å². The average molecular weight is 307 g/mol. The lowest BCUT2D eigenvalue weighted by Crippen LogP contribution is -2.45. The summed E-state index contributed by atoms with van der Waals surface area (Å²) in [5.41, 5.74) is 4.37. The van der Waals surface area contributed by atoms with E-state index in [0.717, 1.165) is 25.7 Å². The fourth-order valence-corrected chi connectivity index (χ4v) is 2.33. The summed E-state index contributed by atoms with van der Waals surface area (Å²) < 4.78 is 5.11. The predicted octanol–water partition coefficient (Wildman–Crippen LogP) is 1.31. The van der Waals surface area contributed by atoms with Gasteiger partial charge >= 0.3 is 5.69 Å². The molecule has 0 radical (unpaired) electrons. The molecule has 0 heterocycles. The van der Waals surface area contributed by atoms with Gasteiger partial charge in [0.15, 0.2) is 12.4 Å². The van der Waals surface area contributed by atoms with Crippen molar-refractivity contribution in [2.75, 3.05) is 6.61 Å². The van der Waals surface area contributed by atoms with E-state index in [2.05, 4.69) is 10.9 Å². The second-order valence-electron chi connectivity index (χ2n) is 5.03. The zero-order chi connectivity index (χ0) is 15.9. The molecule has 0 atom stereocenters. The predicted molar refractivity (Wildman–Crippen MR) is 76.8 cm³/mol. The molecule has 0 bridgehead atoms. The Balaban J connectivity index is 1.78. The molecule has 1 aliphatic rings. The van der Waals surface area contributed by atoms with Crippen LogP contribution in [0.1, 0.15) is 25.7 Å². The van der Waals surface area contributed by atoms with E-state index in [1.165, 1.54) is 18.2 Å². The standard InChI is InChI=1S/C14H17N3O5/c18-13(15-16-14(19)10-5-1-2-6-10)9-22-12-8-4-3-7-11(12)17(20)21/h3-4,7-8,10H,1-2,5-6,9H2,(H,15,18)(H,16,19). The van der Waals surface area contributed by atoms with Gasteiger partial charge in [0, 0.05) is 12.0 Å². The number of nitrogens with one attached hydrogen (secondary N) is 2. The molecule has 1 aliphatic carbocycles. The van der Waals surface area contributed by atoms with Gasteiger partial charge in [-0.3, -0.25) is 30.6 Å². The van der Waals surface area contributed by atoms with Crippen LogP contribution in [0.15, 0.2) is 24.3 Å². The molecule has 2 rings (SSSR count). The Morgan fingerprint density at radius 2 is 1.91 bits per heavy atom. The van der Waals surface area contributed by atoms with Crippen LogP contribution >= 0.6 is 0 Å². The molecule has 0 aliphatic heterocycles. The van der Waals surface area contributed by atoms with E-state index in [1.807, 2.05) is 0 Å². The molecule has 2 N–H and O–H groups in total. The molecule has 1 saturated carbocycles. The van der Waals surface area contributed by atoms with Crippen molar-refractivity contribution in [2.24, 2.45) is 5.92 Å². The highest BCUT2D eigenvalue weighted by Gasteiger charge is 2.23. The maximum atomic E-state index is 11.7. The number of hydrazine groups is 1. The molecule has 0 saturated heterocycles. The number of nitrogens with zero attached hydrogens (tertiary/aromatic N) is 1. The number of para-hydroxylation sites is 2. The number of amides is 2. The Morgan fingerprint density at radius 3 is 2.59 bits per heavy atom. The van der Waals surface area contributed by atoms with E-state index in [1.54, 1.807) is 6.07 Å². The Kier molecular flexibility index (Phi) is 5.29. The van der Waals surface area contributed by atoms with Gasteiger partial charge in [0.25, 0.3) is 5.91 Å². The monoisotopic (exact) mass is 307 g/mol. The molecule has 1 aromatic rings. The summed E-state index contributed by atoms with van der Waals surface area (Å²) in [6.45, 7) is -0.421. The van der Waals surface area contributed by atoms with Crippen molar-refractivity contribution in [3.05, 3.63) is 34.4 Å². The van der Waals surface area contributed by atoms with Gasteiger partial charge in [0.2, 0.25) is 5.91 Å². The molecule has 22 heavy (non-hydrogen) atoms. The number of ether oxygens (including phenoxy) is 1. The summed E-state index contributed by atoms with van der Waals surface area (Å²) in [6.07, 6.45) is 3.70. The molecule has 8 nitrogen and oxygen atoms in total. The van der Waals surface area contributed by atoms with E-state index in [0.29, 0.717) is 0 Å². The van der Waals surface area contributed by atoms with E-state index in [4.69, 9.17) is 4.74 Å². The molecule has 118 valence electrons. The third-order valence-corrected chi connectivity index (χ3v) is 3.47. The van der Waals surface area contributed by atoms with Crippen molar-refractivity contribution < 1.29 is 19.2 Å². The number of nitro groups is 1. The van der Waals surface area contributed by atoms with Crippen LogP contribution in [0.4, 0.5) is 5.69 Å². The highest BCUT2D eigenvalue weighted by atomic mass is 16.6. The third-order valence-electron chi connectivity index (χ3n) is 3.47. The van der Waals surface area contributed by atoms with Gasteiger partial charge in [0.1, 0.15) is 0 Å². The van der Waals surface area contributed by atoms with Crippen molar-refractivity contribution in [1.29, 1.82) is 0 Å². The third kappa shape index (κ3) is 4.18. The van der Waals surface area contributed by atoms with Crippen molar-refractivity contribution in [3.8, 4) is 5.75 Å². The molecule has 0 aromatic heterocycles. The van der Waals surface area contributed by atoms with Gasteiger partial charge < -0.3 is 4.74 Å². The maximum Gasteiger partial charge on any atom is 0.310 e.